The lowest BCUT2D eigenvalue weighted by atomic mass is 10.1. The van der Waals surface area contributed by atoms with Crippen molar-refractivity contribution in [3.05, 3.63) is 34.5 Å². The van der Waals surface area contributed by atoms with E-state index in [2.05, 4.69) is 37.8 Å². The summed E-state index contributed by atoms with van der Waals surface area (Å²) >= 11 is 6.82. The first kappa shape index (κ1) is 24.1. The second kappa shape index (κ2) is 9.44. The Labute approximate surface area is 216 Å². The van der Waals surface area contributed by atoms with Crippen molar-refractivity contribution in [2.75, 3.05) is 35.2 Å². The fourth-order valence-electron chi connectivity index (χ4n) is 4.27. The number of carbonyl (C=O) groups is 2. The number of aromatic nitrogens is 4. The third kappa shape index (κ3) is 4.64. The number of hydrogen-bond acceptors (Lipinski definition) is 10. The van der Waals surface area contributed by atoms with Crippen molar-refractivity contribution < 1.29 is 9.59 Å². The van der Waals surface area contributed by atoms with Crippen molar-refractivity contribution >= 4 is 52.3 Å². The number of fused-ring (bicyclic) bond motifs is 1. The quantitative estimate of drug-likeness (QED) is 0.416. The van der Waals surface area contributed by atoms with Gasteiger partial charge in [-0.25, -0.2) is 0 Å². The first-order valence-electron chi connectivity index (χ1n) is 11.6. The van der Waals surface area contributed by atoms with Gasteiger partial charge >= 0.3 is 11.8 Å². The van der Waals surface area contributed by atoms with Gasteiger partial charge in [0.25, 0.3) is 0 Å². The molecule has 0 unspecified atom stereocenters. The lowest BCUT2D eigenvalue weighted by Crippen LogP contribution is -2.56. The molecular weight excluding hydrogens is 498 g/mol. The number of nitriles is 2. The van der Waals surface area contributed by atoms with Crippen molar-refractivity contribution in [3.8, 4) is 12.1 Å². The predicted molar refractivity (Wildman–Crippen MR) is 134 cm³/mol. The molecule has 13 nitrogen and oxygen atoms in total. The van der Waals surface area contributed by atoms with Crippen LogP contribution < -0.4 is 21.3 Å². The van der Waals surface area contributed by atoms with E-state index in [0.29, 0.717) is 45.7 Å². The Morgan fingerprint density at radius 2 is 1.97 bits per heavy atom. The second-order valence-electron chi connectivity index (χ2n) is 8.95. The van der Waals surface area contributed by atoms with Crippen LogP contribution in [0.4, 0.5) is 23.3 Å². The summed E-state index contributed by atoms with van der Waals surface area (Å²) in [7, 11) is 0. The van der Waals surface area contributed by atoms with Crippen LogP contribution in [0, 0.1) is 22.7 Å². The van der Waals surface area contributed by atoms with Gasteiger partial charge in [0, 0.05) is 31.7 Å². The number of halogens is 1. The monoisotopic (exact) mass is 519 g/mol. The summed E-state index contributed by atoms with van der Waals surface area (Å²) in [5.74, 6) is -1.11. The van der Waals surface area contributed by atoms with E-state index in [0.717, 1.165) is 12.8 Å². The van der Waals surface area contributed by atoms with Crippen LogP contribution in [0.15, 0.2) is 18.3 Å². The lowest BCUT2D eigenvalue weighted by molar-refractivity contribution is -0.144. The van der Waals surface area contributed by atoms with Gasteiger partial charge in [-0.05, 0) is 31.9 Å². The molecule has 0 bridgehead atoms. The fourth-order valence-corrected chi connectivity index (χ4v) is 4.53. The Kier molecular flexibility index (Phi) is 6.15. The van der Waals surface area contributed by atoms with Gasteiger partial charge in [0.15, 0.2) is 5.65 Å². The topological polar surface area (TPSA) is 181 Å². The molecular formula is C23H22ClN11O2. The SMILES string of the molecule is C[C@H]1CN(C(=O)C(N)=O)CCN1c1cc(C#N)cc(Nc2nc(NC3CC3)n3ncc(C#N)c3n2)c1Cl. The van der Waals surface area contributed by atoms with E-state index in [1.54, 1.807) is 12.1 Å². The molecule has 1 saturated carbocycles. The van der Waals surface area contributed by atoms with Crippen LogP contribution in [-0.4, -0.2) is 68.0 Å². The molecule has 0 spiro atoms. The average Bonchev–Trinajstić information content (AvgIpc) is 3.60. The molecule has 5 rings (SSSR count). The number of nitrogens with zero attached hydrogens (tertiary/aromatic N) is 8. The molecule has 2 aromatic heterocycles. The van der Waals surface area contributed by atoms with E-state index in [1.165, 1.54) is 15.6 Å². The highest BCUT2D eigenvalue weighted by molar-refractivity contribution is 6.36. The number of hydrogen-bond donors (Lipinski definition) is 3. The average molecular weight is 520 g/mol. The smallest absolute Gasteiger partial charge is 0.311 e. The molecule has 14 heteroatoms. The number of amides is 2. The van der Waals surface area contributed by atoms with Crippen LogP contribution in [0.25, 0.3) is 5.65 Å². The first-order chi connectivity index (χ1) is 17.8. The van der Waals surface area contributed by atoms with Crippen LogP contribution >= 0.6 is 11.6 Å². The van der Waals surface area contributed by atoms with Gasteiger partial charge in [-0.2, -0.15) is 30.1 Å². The van der Waals surface area contributed by atoms with Gasteiger partial charge in [-0.15, -0.1) is 0 Å². The van der Waals surface area contributed by atoms with Crippen molar-refractivity contribution in [1.29, 1.82) is 10.5 Å². The first-order valence-corrected chi connectivity index (χ1v) is 11.9. The summed E-state index contributed by atoms with van der Waals surface area (Å²) < 4.78 is 1.48. The van der Waals surface area contributed by atoms with E-state index >= 15 is 0 Å². The van der Waals surface area contributed by atoms with E-state index in [9.17, 15) is 20.1 Å². The number of benzene rings is 1. The Hall–Kier alpha value is -4.62. The maximum Gasteiger partial charge on any atom is 0.311 e. The molecule has 3 aromatic rings. The Morgan fingerprint density at radius 1 is 1.19 bits per heavy atom. The zero-order valence-electron chi connectivity index (χ0n) is 19.8. The van der Waals surface area contributed by atoms with Gasteiger partial charge in [0.05, 0.1) is 34.2 Å². The van der Waals surface area contributed by atoms with Crippen LogP contribution in [-0.2, 0) is 9.59 Å². The predicted octanol–water partition coefficient (Wildman–Crippen LogP) is 1.36. The number of anilines is 4. The van der Waals surface area contributed by atoms with Gasteiger partial charge in [0.2, 0.25) is 11.9 Å². The molecule has 1 aliphatic carbocycles. The molecule has 2 amide bonds. The van der Waals surface area contributed by atoms with Gasteiger partial charge < -0.3 is 26.2 Å². The molecule has 188 valence electrons. The summed E-state index contributed by atoms with van der Waals surface area (Å²) in [4.78, 5) is 35.7. The second-order valence-corrected chi connectivity index (χ2v) is 9.32. The zero-order valence-corrected chi connectivity index (χ0v) is 20.5. The van der Waals surface area contributed by atoms with Crippen LogP contribution in [0.3, 0.4) is 0 Å². The number of primary amides is 1. The van der Waals surface area contributed by atoms with Gasteiger partial charge in [0.1, 0.15) is 11.6 Å². The zero-order chi connectivity index (χ0) is 26.3. The molecule has 1 aliphatic heterocycles. The summed E-state index contributed by atoms with van der Waals surface area (Å²) in [5.41, 5.74) is 7.11. The van der Waals surface area contributed by atoms with E-state index in [4.69, 9.17) is 17.3 Å². The summed E-state index contributed by atoms with van der Waals surface area (Å²) in [6.07, 6.45) is 3.45. The number of piperazine rings is 1. The van der Waals surface area contributed by atoms with Crippen LogP contribution in [0.5, 0.6) is 0 Å². The summed E-state index contributed by atoms with van der Waals surface area (Å²) in [5, 5.41) is 30.1. The van der Waals surface area contributed by atoms with Crippen molar-refractivity contribution in [1.82, 2.24) is 24.5 Å². The maximum absolute atomic E-state index is 12.0. The molecule has 2 aliphatic rings. The molecule has 37 heavy (non-hydrogen) atoms. The highest BCUT2D eigenvalue weighted by Gasteiger charge is 2.31. The maximum atomic E-state index is 12.0. The van der Waals surface area contributed by atoms with Crippen molar-refractivity contribution in [3.63, 3.8) is 0 Å². The molecule has 1 aromatic carbocycles. The molecule has 0 radical (unpaired) electrons. The minimum absolute atomic E-state index is 0.181. The van der Waals surface area contributed by atoms with Crippen molar-refractivity contribution in [2.24, 2.45) is 5.73 Å². The normalized spacial score (nSPS) is 17.2. The lowest BCUT2D eigenvalue weighted by Gasteiger charge is -2.41. The standard InChI is InChI=1S/C23H22ClN11O2/c1-12-11-33(21(37)19(27)36)4-5-34(12)17-7-13(8-25)6-16(18(17)24)30-22-31-20-14(9-26)10-28-35(20)23(32-22)29-15-2-3-15/h6-7,10,12,15H,2-5,11H2,1H3,(H2,27,36)(H2,29,30,31,32)/t12-/m0/s1. The molecule has 1 saturated heterocycles. The number of rotatable bonds is 5. The minimum atomic E-state index is -0.998. The number of nitrogens with one attached hydrogen (secondary N) is 2. The minimum Gasteiger partial charge on any atom is -0.364 e. The van der Waals surface area contributed by atoms with Crippen LogP contribution in [0.2, 0.25) is 5.02 Å². The highest BCUT2D eigenvalue weighted by atomic mass is 35.5. The molecule has 3 heterocycles. The Balaban J connectivity index is 1.49. The molecule has 4 N–H and O–H groups in total. The summed E-state index contributed by atoms with van der Waals surface area (Å²) in [6.45, 7) is 2.81. The number of carbonyl (C=O) groups excluding carboxylic acids is 2. The third-order valence-electron chi connectivity index (χ3n) is 6.26. The highest BCUT2D eigenvalue weighted by Crippen LogP contribution is 2.37. The van der Waals surface area contributed by atoms with Gasteiger partial charge in [-0.3, -0.25) is 9.59 Å². The largest absolute Gasteiger partial charge is 0.364 e. The Bertz CT molecular complexity index is 1500. The molecule has 2 fully saturated rings. The van der Waals surface area contributed by atoms with Gasteiger partial charge in [-0.1, -0.05) is 11.6 Å². The summed E-state index contributed by atoms with van der Waals surface area (Å²) in [6, 6.07) is 7.56. The van der Waals surface area contributed by atoms with E-state index in [1.807, 2.05) is 11.8 Å². The van der Waals surface area contributed by atoms with E-state index < -0.39 is 11.8 Å². The fraction of sp³-hybridized carbons (Fsp3) is 0.348. The van der Waals surface area contributed by atoms with Crippen LogP contribution in [0.1, 0.15) is 30.9 Å². The Morgan fingerprint density at radius 3 is 2.62 bits per heavy atom. The van der Waals surface area contributed by atoms with E-state index in [-0.39, 0.29) is 31.1 Å². The van der Waals surface area contributed by atoms with Crippen molar-refractivity contribution in [2.45, 2.75) is 31.8 Å². The molecule has 1 atom stereocenters. The number of nitrogens with two attached hydrogens (primary N) is 1. The third-order valence-corrected chi connectivity index (χ3v) is 6.66.